The van der Waals surface area contributed by atoms with Gasteiger partial charge in [-0.3, -0.25) is 0 Å². The van der Waals surface area contributed by atoms with E-state index in [9.17, 15) is 0 Å². The Kier molecular flexibility index (Phi) is 7.87. The highest BCUT2D eigenvalue weighted by Gasteiger charge is 2.53. The number of para-hydroxylation sites is 2. The van der Waals surface area contributed by atoms with Crippen LogP contribution >= 0.6 is 0 Å². The van der Waals surface area contributed by atoms with Crippen molar-refractivity contribution in [3.63, 3.8) is 0 Å². The van der Waals surface area contributed by atoms with Gasteiger partial charge in [-0.1, -0.05) is 182 Å². The van der Waals surface area contributed by atoms with Gasteiger partial charge in [0.2, 0.25) is 0 Å². The Labute approximate surface area is 381 Å². The largest absolute Gasteiger partial charge is 0.309 e. The van der Waals surface area contributed by atoms with Crippen molar-refractivity contribution in [1.82, 2.24) is 19.5 Å². The summed E-state index contributed by atoms with van der Waals surface area (Å²) in [5.74, 6) is 1.88. The number of hydrogen-bond acceptors (Lipinski definition) is 3. The Bertz CT molecular complexity index is 3840. The lowest BCUT2D eigenvalue weighted by molar-refractivity contribution is 0.801. The van der Waals surface area contributed by atoms with Gasteiger partial charge in [-0.15, -0.1) is 0 Å². The smallest absolute Gasteiger partial charge is 0.164 e. The summed E-state index contributed by atoms with van der Waals surface area (Å²) in [5.41, 5.74) is 18.5. The Hall–Kier alpha value is -8.73. The third-order valence-electron chi connectivity index (χ3n) is 14.0. The van der Waals surface area contributed by atoms with Crippen LogP contribution in [-0.2, 0) is 5.41 Å². The highest BCUT2D eigenvalue weighted by molar-refractivity contribution is 6.10. The molecule has 0 N–H and O–H groups in total. The zero-order chi connectivity index (χ0) is 43.3. The van der Waals surface area contributed by atoms with Gasteiger partial charge >= 0.3 is 0 Å². The first-order valence-corrected chi connectivity index (χ1v) is 22.6. The third-order valence-corrected chi connectivity index (χ3v) is 14.0. The highest BCUT2D eigenvalue weighted by atomic mass is 15.0. The summed E-state index contributed by atoms with van der Waals surface area (Å²) in [6, 6.07) is 83.3. The molecular formula is C62H38N4. The average molecular weight is 839 g/mol. The van der Waals surface area contributed by atoms with Gasteiger partial charge in [0.05, 0.1) is 16.4 Å². The molecule has 306 valence electrons. The molecule has 4 heteroatoms. The molecule has 2 aliphatic rings. The molecular weight excluding hydrogens is 801 g/mol. The fourth-order valence-electron chi connectivity index (χ4n) is 11.3. The van der Waals surface area contributed by atoms with E-state index >= 15 is 0 Å². The molecule has 0 aliphatic heterocycles. The normalized spacial score (nSPS) is 13.0. The van der Waals surface area contributed by atoms with Gasteiger partial charge in [-0.2, -0.15) is 0 Å². The second kappa shape index (κ2) is 14.1. The molecule has 0 unspecified atom stereocenters. The number of nitrogens with zero attached hydrogens (tertiary/aromatic N) is 4. The van der Waals surface area contributed by atoms with Gasteiger partial charge in [0.25, 0.3) is 0 Å². The van der Waals surface area contributed by atoms with Gasteiger partial charge in [0, 0.05) is 33.2 Å². The molecule has 0 saturated carbocycles. The SMILES string of the molecule is c1ccc(-c2nc(-c3ccc(-n4c5ccccc5c5ccccc54)cc3)nc(-c3cccc(-c4cc5ccccc5c5c4-c4ccccc4C54c5ccccc5-c5ccccc54)c3)n2)cc1. The van der Waals surface area contributed by atoms with E-state index in [1.54, 1.807) is 0 Å². The first-order chi connectivity index (χ1) is 32.7. The molecule has 4 nitrogen and oxygen atoms in total. The number of fused-ring (bicyclic) bond motifs is 15. The standard InChI is InChI=1S/C62H38N4/c1-2-17-39(18-3-1)59-63-60(40-33-35-44(36-34-40)66-55-31-14-9-25-48(55)49-26-10-15-32-56(49)66)65-61(64-59)43-21-16-20-41(37-43)51-38-42-19-4-5-22-45(42)58-57(51)50-27-8-13-30-54(50)62(58)52-28-11-6-23-46(52)47-24-7-12-29-53(47)62/h1-38H. The van der Waals surface area contributed by atoms with Crippen molar-refractivity contribution in [3.05, 3.63) is 253 Å². The van der Waals surface area contributed by atoms with Crippen LogP contribution in [0.1, 0.15) is 22.3 Å². The second-order valence-electron chi connectivity index (χ2n) is 17.5. The van der Waals surface area contributed by atoms with E-state index in [2.05, 4.69) is 217 Å². The van der Waals surface area contributed by atoms with E-state index in [-0.39, 0.29) is 0 Å². The molecule has 66 heavy (non-hydrogen) atoms. The number of hydrogen-bond donors (Lipinski definition) is 0. The molecule has 2 heterocycles. The summed E-state index contributed by atoms with van der Waals surface area (Å²) < 4.78 is 2.34. The molecule has 0 saturated heterocycles. The van der Waals surface area contributed by atoms with E-state index in [0.717, 1.165) is 27.9 Å². The summed E-state index contributed by atoms with van der Waals surface area (Å²) in [4.78, 5) is 15.6. The Morgan fingerprint density at radius 1 is 0.318 bits per heavy atom. The minimum atomic E-state index is -0.475. The van der Waals surface area contributed by atoms with E-state index in [1.807, 2.05) is 18.2 Å². The Balaban J connectivity index is 0.953. The molecule has 12 aromatic rings. The zero-order valence-electron chi connectivity index (χ0n) is 35.7. The Morgan fingerprint density at radius 3 is 1.44 bits per heavy atom. The van der Waals surface area contributed by atoms with Crippen molar-refractivity contribution in [2.75, 3.05) is 0 Å². The molecule has 0 radical (unpaired) electrons. The lowest BCUT2D eigenvalue weighted by Crippen LogP contribution is -2.26. The Morgan fingerprint density at radius 2 is 0.788 bits per heavy atom. The van der Waals surface area contributed by atoms with Crippen LogP contribution < -0.4 is 0 Å². The van der Waals surface area contributed by atoms with Gasteiger partial charge in [0.15, 0.2) is 17.5 Å². The molecule has 0 amide bonds. The minimum absolute atomic E-state index is 0.475. The second-order valence-corrected chi connectivity index (χ2v) is 17.5. The predicted octanol–water partition coefficient (Wildman–Crippen LogP) is 15.1. The molecule has 2 aliphatic carbocycles. The first-order valence-electron chi connectivity index (χ1n) is 22.6. The maximum atomic E-state index is 5.26. The number of benzene rings is 10. The summed E-state index contributed by atoms with van der Waals surface area (Å²) in [6.45, 7) is 0. The first kappa shape index (κ1) is 36.7. The lowest BCUT2D eigenvalue weighted by atomic mass is 9.69. The zero-order valence-corrected chi connectivity index (χ0v) is 35.7. The van der Waals surface area contributed by atoms with Crippen molar-refractivity contribution in [2.24, 2.45) is 0 Å². The minimum Gasteiger partial charge on any atom is -0.309 e. The maximum Gasteiger partial charge on any atom is 0.164 e. The van der Waals surface area contributed by atoms with Crippen LogP contribution in [0.25, 0.3) is 106 Å². The van der Waals surface area contributed by atoms with Crippen LogP contribution in [0, 0.1) is 0 Å². The van der Waals surface area contributed by atoms with Gasteiger partial charge in [-0.25, -0.2) is 15.0 Å². The van der Waals surface area contributed by atoms with E-state index in [0.29, 0.717) is 17.5 Å². The number of aromatic nitrogens is 4. The van der Waals surface area contributed by atoms with Crippen LogP contribution in [0.4, 0.5) is 0 Å². The van der Waals surface area contributed by atoms with Crippen LogP contribution in [0.3, 0.4) is 0 Å². The fraction of sp³-hybridized carbons (Fsp3) is 0.0161. The predicted molar refractivity (Wildman–Crippen MR) is 270 cm³/mol. The van der Waals surface area contributed by atoms with Crippen molar-refractivity contribution < 1.29 is 0 Å². The van der Waals surface area contributed by atoms with Crippen LogP contribution in [0.5, 0.6) is 0 Å². The van der Waals surface area contributed by atoms with E-state index < -0.39 is 5.41 Å². The monoisotopic (exact) mass is 838 g/mol. The van der Waals surface area contributed by atoms with Gasteiger partial charge in [-0.05, 0) is 115 Å². The van der Waals surface area contributed by atoms with Gasteiger partial charge in [0.1, 0.15) is 0 Å². The highest BCUT2D eigenvalue weighted by Crippen LogP contribution is 2.65. The topological polar surface area (TPSA) is 43.6 Å². The maximum absolute atomic E-state index is 5.26. The van der Waals surface area contributed by atoms with E-state index in [4.69, 9.17) is 15.0 Å². The summed E-state index contributed by atoms with van der Waals surface area (Å²) in [6.07, 6.45) is 0. The van der Waals surface area contributed by atoms with Crippen molar-refractivity contribution in [3.8, 4) is 73.2 Å². The van der Waals surface area contributed by atoms with Crippen LogP contribution in [0.15, 0.2) is 231 Å². The third kappa shape index (κ3) is 5.18. The quantitative estimate of drug-likeness (QED) is 0.173. The molecule has 1 spiro atoms. The molecule has 10 aromatic carbocycles. The lowest BCUT2D eigenvalue weighted by Gasteiger charge is -2.31. The van der Waals surface area contributed by atoms with Crippen LogP contribution in [-0.4, -0.2) is 19.5 Å². The summed E-state index contributed by atoms with van der Waals surface area (Å²) in [5, 5.41) is 4.96. The molecule has 0 fully saturated rings. The molecule has 14 rings (SSSR count). The van der Waals surface area contributed by atoms with Crippen molar-refractivity contribution in [1.29, 1.82) is 0 Å². The van der Waals surface area contributed by atoms with Crippen LogP contribution in [0.2, 0.25) is 0 Å². The van der Waals surface area contributed by atoms with Crippen molar-refractivity contribution >= 4 is 32.6 Å². The van der Waals surface area contributed by atoms with Crippen molar-refractivity contribution in [2.45, 2.75) is 5.41 Å². The van der Waals surface area contributed by atoms with Gasteiger partial charge < -0.3 is 4.57 Å². The molecule has 0 bridgehead atoms. The molecule has 2 aromatic heterocycles. The fourth-order valence-corrected chi connectivity index (χ4v) is 11.3. The molecule has 0 atom stereocenters. The van der Waals surface area contributed by atoms with E-state index in [1.165, 1.54) is 82.6 Å². The number of rotatable bonds is 5. The average Bonchev–Trinajstić information content (AvgIpc) is 4.01. The summed E-state index contributed by atoms with van der Waals surface area (Å²) in [7, 11) is 0. The summed E-state index contributed by atoms with van der Waals surface area (Å²) >= 11 is 0.